The van der Waals surface area contributed by atoms with Crippen LogP contribution in [0.2, 0.25) is 0 Å². The molecule has 1 aliphatic rings. The lowest BCUT2D eigenvalue weighted by atomic mass is 9.95. The molecule has 2 unspecified atom stereocenters. The second-order valence-corrected chi connectivity index (χ2v) is 6.40. The minimum atomic E-state index is -0.566. The van der Waals surface area contributed by atoms with Gasteiger partial charge in [-0.25, -0.2) is 4.79 Å². The quantitative estimate of drug-likeness (QED) is 0.145. The van der Waals surface area contributed by atoms with E-state index >= 15 is 0 Å². The van der Waals surface area contributed by atoms with Crippen LogP contribution in [0.25, 0.3) is 0 Å². The Kier molecular flexibility index (Phi) is 12.0. The Balaban J connectivity index is 0.00000204. The number of benzene rings is 1. The number of carbonyl (C=O) groups excluding carboxylic acids is 1. The molecule has 0 aliphatic heterocycles. The highest BCUT2D eigenvalue weighted by Gasteiger charge is 2.23. The minimum Gasteiger partial charge on any atom is -0.455 e. The van der Waals surface area contributed by atoms with Gasteiger partial charge in [-0.3, -0.25) is 10.1 Å². The van der Waals surface area contributed by atoms with Gasteiger partial charge in [-0.2, -0.15) is 0 Å². The van der Waals surface area contributed by atoms with Gasteiger partial charge in [0.15, 0.2) is 0 Å². The van der Waals surface area contributed by atoms with E-state index in [1.54, 1.807) is 19.1 Å². The second-order valence-electron chi connectivity index (χ2n) is 6.40. The van der Waals surface area contributed by atoms with Crippen LogP contribution >= 0.6 is 0 Å². The number of nitro groups is 1. The Hall–Kier alpha value is -2.73. The average molecular weight is 402 g/mol. The summed E-state index contributed by atoms with van der Waals surface area (Å²) in [5, 5.41) is 10.9. The first kappa shape index (κ1) is 24.3. The van der Waals surface area contributed by atoms with E-state index in [0.717, 1.165) is 11.1 Å². The van der Waals surface area contributed by atoms with Crippen LogP contribution in [-0.2, 0) is 20.9 Å². The summed E-state index contributed by atoms with van der Waals surface area (Å²) in [4.78, 5) is 22.4. The van der Waals surface area contributed by atoms with E-state index in [9.17, 15) is 14.9 Å². The molecule has 6 heteroatoms. The van der Waals surface area contributed by atoms with E-state index in [0.29, 0.717) is 32.5 Å². The number of esters is 1. The summed E-state index contributed by atoms with van der Waals surface area (Å²) in [6.45, 7) is 6.73. The minimum absolute atomic E-state index is 0.258. The van der Waals surface area contributed by atoms with Gasteiger partial charge in [0, 0.05) is 23.8 Å². The summed E-state index contributed by atoms with van der Waals surface area (Å²) >= 11 is 0. The number of carbonyl (C=O) groups is 1. The summed E-state index contributed by atoms with van der Waals surface area (Å²) < 4.78 is 10.8. The van der Waals surface area contributed by atoms with Crippen molar-refractivity contribution in [2.45, 2.75) is 58.8 Å². The molecule has 0 aromatic heterocycles. The van der Waals surface area contributed by atoms with Crippen molar-refractivity contribution in [3.8, 4) is 0 Å². The SMILES string of the molecule is CC.CC(/C=C\COCc1ccccc1)OC(=O)/C=C/C1=CCCC([N+](=O)[O-])C1. The summed E-state index contributed by atoms with van der Waals surface area (Å²) in [5.74, 6) is -0.471. The molecule has 0 spiro atoms. The smallest absolute Gasteiger partial charge is 0.331 e. The molecule has 29 heavy (non-hydrogen) atoms. The Bertz CT molecular complexity index is 709. The van der Waals surface area contributed by atoms with Crippen LogP contribution in [0, 0.1) is 10.1 Å². The molecule has 2 rings (SSSR count). The normalized spacial score (nSPS) is 17.3. The predicted molar refractivity (Wildman–Crippen MR) is 114 cm³/mol. The van der Waals surface area contributed by atoms with Crippen LogP contribution in [0.1, 0.15) is 45.6 Å². The fourth-order valence-corrected chi connectivity index (χ4v) is 2.74. The third-order valence-corrected chi connectivity index (χ3v) is 4.14. The molecule has 0 fully saturated rings. The molecule has 1 aromatic carbocycles. The fourth-order valence-electron chi connectivity index (χ4n) is 2.74. The molecule has 158 valence electrons. The molecule has 0 saturated carbocycles. The van der Waals surface area contributed by atoms with E-state index in [1.165, 1.54) is 6.08 Å². The molecule has 1 aromatic rings. The number of nitrogens with zero attached hydrogens (tertiary/aromatic N) is 1. The van der Waals surface area contributed by atoms with Gasteiger partial charge >= 0.3 is 5.97 Å². The average Bonchev–Trinajstić information content (AvgIpc) is 2.74. The lowest BCUT2D eigenvalue weighted by Gasteiger charge is -2.14. The first-order chi connectivity index (χ1) is 14.0. The standard InChI is InChI=1S/C21H25NO5.C2H6/c1-17(7-6-14-26-16-19-8-3-2-4-9-19)27-21(23)13-12-18-10-5-11-20(15-18)22(24)25;1-2/h2-4,6-10,12-13,17,20H,5,11,14-16H2,1H3;1-2H3/b7-6-,13-12+;. The topological polar surface area (TPSA) is 78.7 Å². The zero-order valence-corrected chi connectivity index (χ0v) is 17.5. The summed E-state index contributed by atoms with van der Waals surface area (Å²) in [7, 11) is 0. The zero-order valence-electron chi connectivity index (χ0n) is 17.5. The van der Waals surface area contributed by atoms with E-state index < -0.39 is 12.0 Å². The van der Waals surface area contributed by atoms with Gasteiger partial charge in [0.1, 0.15) is 6.10 Å². The molecular formula is C23H31NO5. The van der Waals surface area contributed by atoms with Crippen molar-refractivity contribution in [3.05, 3.63) is 82.0 Å². The Labute approximate surface area is 173 Å². The van der Waals surface area contributed by atoms with Crippen molar-refractivity contribution in [3.63, 3.8) is 0 Å². The van der Waals surface area contributed by atoms with Crippen LogP contribution < -0.4 is 0 Å². The van der Waals surface area contributed by atoms with Gasteiger partial charge in [0.2, 0.25) is 6.04 Å². The molecule has 0 bridgehead atoms. The van der Waals surface area contributed by atoms with E-state index in [2.05, 4.69) is 0 Å². The number of hydrogen-bond acceptors (Lipinski definition) is 5. The maximum Gasteiger partial charge on any atom is 0.331 e. The highest BCUT2D eigenvalue weighted by Crippen LogP contribution is 2.21. The molecular weight excluding hydrogens is 370 g/mol. The predicted octanol–water partition coefficient (Wildman–Crippen LogP) is 5.03. The molecule has 0 amide bonds. The summed E-state index contributed by atoms with van der Waals surface area (Å²) in [6.07, 6.45) is 9.61. The van der Waals surface area contributed by atoms with Gasteiger partial charge in [-0.15, -0.1) is 0 Å². The molecule has 0 N–H and O–H groups in total. The van der Waals surface area contributed by atoms with Crippen LogP contribution in [0.3, 0.4) is 0 Å². The summed E-state index contributed by atoms with van der Waals surface area (Å²) in [6, 6.07) is 9.31. The number of ether oxygens (including phenoxy) is 2. The molecule has 0 saturated heterocycles. The van der Waals surface area contributed by atoms with Crippen LogP contribution in [0.5, 0.6) is 0 Å². The number of allylic oxidation sites excluding steroid dienone is 2. The van der Waals surface area contributed by atoms with Gasteiger partial charge < -0.3 is 9.47 Å². The lowest BCUT2D eigenvalue weighted by Crippen LogP contribution is -2.22. The molecule has 1 aliphatic carbocycles. The van der Waals surface area contributed by atoms with Crippen molar-refractivity contribution in [1.29, 1.82) is 0 Å². The highest BCUT2D eigenvalue weighted by atomic mass is 16.6. The number of rotatable bonds is 9. The first-order valence-corrected chi connectivity index (χ1v) is 10.0. The van der Waals surface area contributed by atoms with Gasteiger partial charge in [-0.05, 0) is 30.6 Å². The molecule has 2 atom stereocenters. The Morgan fingerprint density at radius 2 is 2.03 bits per heavy atom. The van der Waals surface area contributed by atoms with Crippen molar-refractivity contribution in [1.82, 2.24) is 0 Å². The lowest BCUT2D eigenvalue weighted by molar-refractivity contribution is -0.523. The second kappa shape index (κ2) is 14.3. The highest BCUT2D eigenvalue weighted by molar-refractivity contribution is 5.82. The third kappa shape index (κ3) is 10.4. The van der Waals surface area contributed by atoms with Crippen molar-refractivity contribution >= 4 is 5.97 Å². The third-order valence-electron chi connectivity index (χ3n) is 4.14. The molecule has 6 nitrogen and oxygen atoms in total. The first-order valence-electron chi connectivity index (χ1n) is 10.0. The number of hydrogen-bond donors (Lipinski definition) is 0. The molecule has 0 radical (unpaired) electrons. The maximum absolute atomic E-state index is 11.9. The summed E-state index contributed by atoms with van der Waals surface area (Å²) in [5.41, 5.74) is 1.91. The maximum atomic E-state index is 11.9. The fraction of sp³-hybridized carbons (Fsp3) is 0.435. The van der Waals surface area contributed by atoms with E-state index in [4.69, 9.17) is 9.47 Å². The van der Waals surface area contributed by atoms with Crippen LogP contribution in [-0.4, -0.2) is 29.6 Å². The van der Waals surface area contributed by atoms with Gasteiger partial charge in [-0.1, -0.05) is 62.4 Å². The van der Waals surface area contributed by atoms with Gasteiger partial charge in [0.25, 0.3) is 0 Å². The van der Waals surface area contributed by atoms with E-state index in [1.807, 2.05) is 56.3 Å². The van der Waals surface area contributed by atoms with Crippen LogP contribution in [0.15, 0.2) is 66.3 Å². The van der Waals surface area contributed by atoms with Crippen LogP contribution in [0.4, 0.5) is 0 Å². The van der Waals surface area contributed by atoms with Gasteiger partial charge in [0.05, 0.1) is 13.2 Å². The Morgan fingerprint density at radius 3 is 2.72 bits per heavy atom. The monoisotopic (exact) mass is 401 g/mol. The van der Waals surface area contributed by atoms with Crippen molar-refractivity contribution < 1.29 is 19.2 Å². The zero-order chi connectivity index (χ0) is 21.5. The largest absolute Gasteiger partial charge is 0.455 e. The Morgan fingerprint density at radius 1 is 1.31 bits per heavy atom. The van der Waals surface area contributed by atoms with Crippen molar-refractivity contribution in [2.75, 3.05) is 6.61 Å². The van der Waals surface area contributed by atoms with Crippen molar-refractivity contribution in [2.24, 2.45) is 0 Å². The molecule has 0 heterocycles. The van der Waals surface area contributed by atoms with E-state index in [-0.39, 0.29) is 11.0 Å².